The van der Waals surface area contributed by atoms with Gasteiger partial charge in [-0.1, -0.05) is 0 Å². The standard InChI is InChI=1S/C5H12ClN3/c1-2-9(4-3-6)5(7)8/h2-4H2,1H3,(H3,7,8). The summed E-state index contributed by atoms with van der Waals surface area (Å²) >= 11 is 5.43. The van der Waals surface area contributed by atoms with Crippen molar-refractivity contribution in [1.29, 1.82) is 5.41 Å². The highest BCUT2D eigenvalue weighted by atomic mass is 35.5. The van der Waals surface area contributed by atoms with Gasteiger partial charge in [-0.15, -0.1) is 11.6 Å². The van der Waals surface area contributed by atoms with Gasteiger partial charge < -0.3 is 10.6 Å². The largest absolute Gasteiger partial charge is 0.370 e. The molecule has 0 unspecified atom stereocenters. The Labute approximate surface area is 60.3 Å². The fraction of sp³-hybridized carbons (Fsp3) is 0.800. The number of hydrogen-bond donors (Lipinski definition) is 2. The molecule has 0 heterocycles. The van der Waals surface area contributed by atoms with Crippen molar-refractivity contribution in [2.24, 2.45) is 5.73 Å². The molecule has 0 aliphatic heterocycles. The quantitative estimate of drug-likeness (QED) is 0.348. The topological polar surface area (TPSA) is 53.1 Å². The summed E-state index contributed by atoms with van der Waals surface area (Å²) in [7, 11) is 0. The van der Waals surface area contributed by atoms with E-state index in [4.69, 9.17) is 22.7 Å². The Morgan fingerprint density at radius 1 is 1.78 bits per heavy atom. The first-order valence-electron chi connectivity index (χ1n) is 2.87. The Kier molecular flexibility index (Phi) is 4.22. The number of guanidine groups is 1. The predicted octanol–water partition coefficient (Wildman–Crippen LogP) is 0.441. The van der Waals surface area contributed by atoms with Crippen LogP contribution >= 0.6 is 11.6 Å². The van der Waals surface area contributed by atoms with E-state index in [0.717, 1.165) is 6.54 Å². The summed E-state index contributed by atoms with van der Waals surface area (Å²) in [4.78, 5) is 1.70. The molecular weight excluding hydrogens is 138 g/mol. The van der Waals surface area contributed by atoms with Gasteiger partial charge in [0.2, 0.25) is 0 Å². The molecule has 0 radical (unpaired) electrons. The molecule has 9 heavy (non-hydrogen) atoms. The van der Waals surface area contributed by atoms with Crippen LogP contribution in [-0.4, -0.2) is 29.8 Å². The number of rotatable bonds is 3. The van der Waals surface area contributed by atoms with Crippen molar-refractivity contribution in [3.05, 3.63) is 0 Å². The van der Waals surface area contributed by atoms with Crippen LogP contribution in [0, 0.1) is 5.41 Å². The summed E-state index contributed by atoms with van der Waals surface area (Å²) in [6.07, 6.45) is 0. The molecule has 0 rings (SSSR count). The summed E-state index contributed by atoms with van der Waals surface area (Å²) in [5.74, 6) is 0.617. The van der Waals surface area contributed by atoms with Crippen molar-refractivity contribution in [1.82, 2.24) is 4.90 Å². The molecular formula is C5H12ClN3. The van der Waals surface area contributed by atoms with Gasteiger partial charge in [-0.25, -0.2) is 0 Å². The van der Waals surface area contributed by atoms with E-state index in [1.54, 1.807) is 4.90 Å². The number of alkyl halides is 1. The molecule has 0 saturated carbocycles. The third-order valence-corrected chi connectivity index (χ3v) is 1.25. The summed E-state index contributed by atoms with van der Waals surface area (Å²) < 4.78 is 0. The van der Waals surface area contributed by atoms with Crippen LogP contribution in [-0.2, 0) is 0 Å². The van der Waals surface area contributed by atoms with Crippen molar-refractivity contribution in [2.75, 3.05) is 19.0 Å². The number of halogens is 1. The lowest BCUT2D eigenvalue weighted by molar-refractivity contribution is 0.460. The van der Waals surface area contributed by atoms with Gasteiger partial charge in [0.1, 0.15) is 0 Å². The molecule has 54 valence electrons. The zero-order valence-electron chi connectivity index (χ0n) is 5.52. The number of hydrogen-bond acceptors (Lipinski definition) is 1. The third kappa shape index (κ3) is 3.19. The summed E-state index contributed by atoms with van der Waals surface area (Å²) in [6.45, 7) is 3.35. The molecule has 3 nitrogen and oxygen atoms in total. The van der Waals surface area contributed by atoms with Crippen LogP contribution in [0.2, 0.25) is 0 Å². The van der Waals surface area contributed by atoms with E-state index < -0.39 is 0 Å². The highest BCUT2D eigenvalue weighted by molar-refractivity contribution is 6.18. The molecule has 0 fully saturated rings. The summed E-state index contributed by atoms with van der Waals surface area (Å²) in [5, 5.41) is 7.00. The van der Waals surface area contributed by atoms with E-state index in [2.05, 4.69) is 0 Å². The van der Waals surface area contributed by atoms with E-state index >= 15 is 0 Å². The molecule has 0 aromatic rings. The molecule has 0 aliphatic rings. The van der Waals surface area contributed by atoms with Gasteiger partial charge in [-0.2, -0.15) is 0 Å². The molecule has 0 saturated heterocycles. The van der Waals surface area contributed by atoms with E-state index in [9.17, 15) is 0 Å². The molecule has 0 aliphatic carbocycles. The number of nitrogens with two attached hydrogens (primary N) is 1. The predicted molar refractivity (Wildman–Crippen MR) is 39.9 cm³/mol. The monoisotopic (exact) mass is 149 g/mol. The second-order valence-electron chi connectivity index (χ2n) is 1.65. The smallest absolute Gasteiger partial charge is 0.188 e. The number of nitrogens with zero attached hydrogens (tertiary/aromatic N) is 1. The highest BCUT2D eigenvalue weighted by Gasteiger charge is 1.99. The van der Waals surface area contributed by atoms with Crippen LogP contribution in [0.15, 0.2) is 0 Å². The number of nitrogens with one attached hydrogen (secondary N) is 1. The first kappa shape index (κ1) is 8.56. The Balaban J connectivity index is 3.54. The SMILES string of the molecule is CCN(CCCl)C(=N)N. The van der Waals surface area contributed by atoms with Crippen LogP contribution < -0.4 is 5.73 Å². The molecule has 0 spiro atoms. The van der Waals surface area contributed by atoms with Crippen molar-refractivity contribution in [3.63, 3.8) is 0 Å². The van der Waals surface area contributed by atoms with Gasteiger partial charge in [0.25, 0.3) is 0 Å². The zero-order chi connectivity index (χ0) is 7.28. The Hall–Kier alpha value is -0.440. The average Bonchev–Trinajstić information content (AvgIpc) is 1.82. The van der Waals surface area contributed by atoms with E-state index in [-0.39, 0.29) is 5.96 Å². The van der Waals surface area contributed by atoms with Crippen LogP contribution in [0.1, 0.15) is 6.92 Å². The van der Waals surface area contributed by atoms with Crippen molar-refractivity contribution in [2.45, 2.75) is 6.92 Å². The van der Waals surface area contributed by atoms with Gasteiger partial charge in [0.05, 0.1) is 0 Å². The van der Waals surface area contributed by atoms with Gasteiger partial charge in [0, 0.05) is 19.0 Å². The minimum Gasteiger partial charge on any atom is -0.370 e. The van der Waals surface area contributed by atoms with Gasteiger partial charge >= 0.3 is 0 Å². The van der Waals surface area contributed by atoms with Crippen molar-refractivity contribution >= 4 is 17.6 Å². The fourth-order valence-corrected chi connectivity index (χ4v) is 0.755. The molecule has 0 bridgehead atoms. The molecule has 0 aromatic heterocycles. The maximum absolute atomic E-state index is 7.00. The van der Waals surface area contributed by atoms with E-state index in [1.165, 1.54) is 0 Å². The summed E-state index contributed by atoms with van der Waals surface area (Å²) in [5.41, 5.74) is 5.18. The van der Waals surface area contributed by atoms with Crippen LogP contribution in [0.25, 0.3) is 0 Å². The first-order chi connectivity index (χ1) is 4.22. The first-order valence-corrected chi connectivity index (χ1v) is 3.40. The van der Waals surface area contributed by atoms with Gasteiger partial charge in [0.15, 0.2) is 5.96 Å². The third-order valence-electron chi connectivity index (χ3n) is 1.08. The minimum absolute atomic E-state index is 0.0955. The fourth-order valence-electron chi connectivity index (χ4n) is 0.551. The lowest BCUT2D eigenvalue weighted by Gasteiger charge is -2.18. The molecule has 0 atom stereocenters. The van der Waals surface area contributed by atoms with Crippen molar-refractivity contribution in [3.8, 4) is 0 Å². The van der Waals surface area contributed by atoms with Crippen molar-refractivity contribution < 1.29 is 0 Å². The highest BCUT2D eigenvalue weighted by Crippen LogP contribution is 1.86. The maximum atomic E-state index is 7.00. The molecule has 4 heteroatoms. The zero-order valence-corrected chi connectivity index (χ0v) is 6.28. The average molecular weight is 150 g/mol. The molecule has 3 N–H and O–H groups in total. The minimum atomic E-state index is 0.0955. The maximum Gasteiger partial charge on any atom is 0.188 e. The lowest BCUT2D eigenvalue weighted by atomic mass is 10.5. The van der Waals surface area contributed by atoms with E-state index in [1.807, 2.05) is 6.92 Å². The normalized spacial score (nSPS) is 9.11. The van der Waals surface area contributed by atoms with Gasteiger partial charge in [-0.05, 0) is 6.92 Å². The molecule has 0 amide bonds. The van der Waals surface area contributed by atoms with Gasteiger partial charge in [-0.3, -0.25) is 5.41 Å². The Morgan fingerprint density at radius 3 is 2.44 bits per heavy atom. The van der Waals surface area contributed by atoms with E-state index in [0.29, 0.717) is 12.4 Å². The Morgan fingerprint density at radius 2 is 2.33 bits per heavy atom. The molecule has 0 aromatic carbocycles. The van der Waals surface area contributed by atoms with Crippen LogP contribution in [0.3, 0.4) is 0 Å². The lowest BCUT2D eigenvalue weighted by Crippen LogP contribution is -2.37. The second kappa shape index (κ2) is 4.44. The second-order valence-corrected chi connectivity index (χ2v) is 2.03. The van der Waals surface area contributed by atoms with Crippen LogP contribution in [0.5, 0.6) is 0 Å². The Bertz CT molecular complexity index is 94.2. The summed E-state index contributed by atoms with van der Waals surface area (Å²) in [6, 6.07) is 0. The van der Waals surface area contributed by atoms with Crippen LogP contribution in [0.4, 0.5) is 0 Å².